The van der Waals surface area contributed by atoms with Crippen molar-refractivity contribution in [1.82, 2.24) is 0 Å². The minimum atomic E-state index is 0.158. The van der Waals surface area contributed by atoms with E-state index in [0.717, 1.165) is 5.92 Å². The predicted octanol–water partition coefficient (Wildman–Crippen LogP) is 5.43. The van der Waals surface area contributed by atoms with Crippen LogP contribution in [0.3, 0.4) is 0 Å². The molecule has 16 heavy (non-hydrogen) atoms. The molecule has 0 heterocycles. The van der Waals surface area contributed by atoms with E-state index in [-0.39, 0.29) is 5.38 Å². The van der Waals surface area contributed by atoms with E-state index in [9.17, 15) is 0 Å². The lowest BCUT2D eigenvalue weighted by Crippen LogP contribution is -2.06. The summed E-state index contributed by atoms with van der Waals surface area (Å²) in [5, 5.41) is 0.158. The number of hydrogen-bond donors (Lipinski definition) is 0. The van der Waals surface area contributed by atoms with Crippen molar-refractivity contribution in [2.45, 2.75) is 45.4 Å². The first kappa shape index (κ1) is 13.6. The minimum absolute atomic E-state index is 0.158. The van der Waals surface area contributed by atoms with Crippen LogP contribution < -0.4 is 0 Å². The summed E-state index contributed by atoms with van der Waals surface area (Å²) >= 11 is 6.48. The maximum Gasteiger partial charge on any atom is 0.0610 e. The van der Waals surface area contributed by atoms with Gasteiger partial charge in [0, 0.05) is 0 Å². The van der Waals surface area contributed by atoms with Crippen molar-refractivity contribution in [2.24, 2.45) is 11.8 Å². The predicted molar refractivity (Wildman–Crippen MR) is 72.9 cm³/mol. The van der Waals surface area contributed by atoms with Gasteiger partial charge in [-0.1, -0.05) is 63.9 Å². The first-order valence-electron chi connectivity index (χ1n) is 6.34. The van der Waals surface area contributed by atoms with Gasteiger partial charge in [-0.3, -0.25) is 0 Å². The standard InChI is InChI=1S/C15H23Cl/c1-4-12(2)10-11-13(3)15(16)14-8-6-5-7-9-14/h5-9,12-13,15H,4,10-11H2,1-3H3. The number of benzene rings is 1. The zero-order valence-electron chi connectivity index (χ0n) is 10.6. The van der Waals surface area contributed by atoms with Crippen molar-refractivity contribution < 1.29 is 0 Å². The Morgan fingerprint density at radius 1 is 1.06 bits per heavy atom. The minimum Gasteiger partial charge on any atom is -0.118 e. The summed E-state index contributed by atoms with van der Waals surface area (Å²) in [6.45, 7) is 6.83. The van der Waals surface area contributed by atoms with Crippen molar-refractivity contribution in [3.05, 3.63) is 35.9 Å². The third-order valence-corrected chi connectivity index (χ3v) is 4.11. The van der Waals surface area contributed by atoms with Crippen molar-refractivity contribution in [2.75, 3.05) is 0 Å². The van der Waals surface area contributed by atoms with Crippen molar-refractivity contribution in [1.29, 1.82) is 0 Å². The van der Waals surface area contributed by atoms with Gasteiger partial charge in [-0.2, -0.15) is 0 Å². The van der Waals surface area contributed by atoms with Crippen LogP contribution in [-0.2, 0) is 0 Å². The summed E-state index contributed by atoms with van der Waals surface area (Å²) in [6, 6.07) is 10.4. The van der Waals surface area contributed by atoms with Crippen LogP contribution in [0.2, 0.25) is 0 Å². The molecule has 0 aliphatic rings. The lowest BCUT2D eigenvalue weighted by molar-refractivity contribution is 0.415. The number of halogens is 1. The van der Waals surface area contributed by atoms with Gasteiger partial charge < -0.3 is 0 Å². The highest BCUT2D eigenvalue weighted by molar-refractivity contribution is 6.20. The van der Waals surface area contributed by atoms with Crippen LogP contribution >= 0.6 is 11.6 Å². The van der Waals surface area contributed by atoms with Gasteiger partial charge in [0.1, 0.15) is 0 Å². The average Bonchev–Trinajstić information content (AvgIpc) is 2.35. The van der Waals surface area contributed by atoms with Crippen LogP contribution in [0.25, 0.3) is 0 Å². The van der Waals surface area contributed by atoms with Gasteiger partial charge in [0.25, 0.3) is 0 Å². The molecule has 1 aromatic rings. The molecule has 0 radical (unpaired) electrons. The molecule has 0 saturated carbocycles. The SMILES string of the molecule is CCC(C)CCC(C)C(Cl)c1ccccc1. The van der Waals surface area contributed by atoms with Crippen molar-refractivity contribution in [3.8, 4) is 0 Å². The number of hydrogen-bond acceptors (Lipinski definition) is 0. The topological polar surface area (TPSA) is 0 Å². The first-order valence-corrected chi connectivity index (χ1v) is 6.77. The van der Waals surface area contributed by atoms with E-state index in [1.54, 1.807) is 0 Å². The Bertz CT molecular complexity index is 281. The first-order chi connectivity index (χ1) is 7.65. The summed E-state index contributed by atoms with van der Waals surface area (Å²) in [7, 11) is 0. The Hall–Kier alpha value is -0.490. The van der Waals surface area contributed by atoms with Gasteiger partial charge in [-0.05, 0) is 23.8 Å². The highest BCUT2D eigenvalue weighted by Gasteiger charge is 2.16. The normalized spacial score (nSPS) is 16.8. The smallest absolute Gasteiger partial charge is 0.0610 e. The molecule has 90 valence electrons. The molecule has 0 fully saturated rings. The van der Waals surface area contributed by atoms with Crippen LogP contribution in [0.1, 0.15) is 51.0 Å². The van der Waals surface area contributed by atoms with E-state index in [1.165, 1.54) is 24.8 Å². The summed E-state index contributed by atoms with van der Waals surface area (Å²) < 4.78 is 0. The summed E-state index contributed by atoms with van der Waals surface area (Å²) in [6.07, 6.45) is 3.77. The van der Waals surface area contributed by atoms with Crippen LogP contribution in [0.15, 0.2) is 30.3 Å². The lowest BCUT2D eigenvalue weighted by atomic mass is 9.91. The quantitative estimate of drug-likeness (QED) is 0.580. The summed E-state index contributed by atoms with van der Waals surface area (Å²) in [5.41, 5.74) is 1.25. The van der Waals surface area contributed by atoms with Crippen molar-refractivity contribution >= 4 is 11.6 Å². The third kappa shape index (κ3) is 4.17. The van der Waals surface area contributed by atoms with E-state index >= 15 is 0 Å². The molecule has 0 aliphatic heterocycles. The van der Waals surface area contributed by atoms with Gasteiger partial charge in [-0.25, -0.2) is 0 Å². The van der Waals surface area contributed by atoms with E-state index in [0.29, 0.717) is 5.92 Å². The van der Waals surface area contributed by atoms with E-state index in [2.05, 4.69) is 45.0 Å². The Balaban J connectivity index is 2.45. The van der Waals surface area contributed by atoms with Gasteiger partial charge in [0.05, 0.1) is 5.38 Å². The molecule has 0 N–H and O–H groups in total. The third-order valence-electron chi connectivity index (χ3n) is 3.43. The van der Waals surface area contributed by atoms with Crippen LogP contribution in [-0.4, -0.2) is 0 Å². The Morgan fingerprint density at radius 2 is 1.69 bits per heavy atom. The Morgan fingerprint density at radius 3 is 2.25 bits per heavy atom. The van der Waals surface area contributed by atoms with Gasteiger partial charge >= 0.3 is 0 Å². The average molecular weight is 239 g/mol. The van der Waals surface area contributed by atoms with Crippen LogP contribution in [0.4, 0.5) is 0 Å². The van der Waals surface area contributed by atoms with E-state index < -0.39 is 0 Å². The second-order valence-corrected chi connectivity index (χ2v) is 5.35. The molecule has 0 bridgehead atoms. The molecule has 3 atom stereocenters. The second kappa shape index (κ2) is 6.96. The monoisotopic (exact) mass is 238 g/mol. The zero-order valence-corrected chi connectivity index (χ0v) is 11.4. The van der Waals surface area contributed by atoms with E-state index in [1.807, 2.05) is 6.07 Å². The van der Waals surface area contributed by atoms with Crippen molar-refractivity contribution in [3.63, 3.8) is 0 Å². The summed E-state index contributed by atoms with van der Waals surface area (Å²) in [4.78, 5) is 0. The van der Waals surface area contributed by atoms with E-state index in [4.69, 9.17) is 11.6 Å². The fourth-order valence-corrected chi connectivity index (χ4v) is 2.13. The van der Waals surface area contributed by atoms with Gasteiger partial charge in [0.15, 0.2) is 0 Å². The van der Waals surface area contributed by atoms with Crippen LogP contribution in [0, 0.1) is 11.8 Å². The van der Waals surface area contributed by atoms with Gasteiger partial charge in [-0.15, -0.1) is 11.6 Å². The highest BCUT2D eigenvalue weighted by Crippen LogP contribution is 2.32. The lowest BCUT2D eigenvalue weighted by Gasteiger charge is -2.19. The molecule has 0 nitrogen and oxygen atoms in total. The molecule has 0 aromatic heterocycles. The number of alkyl halides is 1. The highest BCUT2D eigenvalue weighted by atomic mass is 35.5. The fraction of sp³-hybridized carbons (Fsp3) is 0.600. The Kier molecular flexibility index (Phi) is 5.90. The molecule has 0 saturated heterocycles. The molecule has 3 unspecified atom stereocenters. The molecule has 1 aromatic carbocycles. The fourth-order valence-electron chi connectivity index (χ4n) is 1.86. The second-order valence-electron chi connectivity index (χ2n) is 4.88. The molecule has 0 aliphatic carbocycles. The molecule has 0 amide bonds. The zero-order chi connectivity index (χ0) is 12.0. The summed E-state index contributed by atoms with van der Waals surface area (Å²) in [5.74, 6) is 1.38. The molecule has 1 heteroatoms. The number of rotatable bonds is 6. The maximum atomic E-state index is 6.48. The molecular weight excluding hydrogens is 216 g/mol. The molecule has 1 rings (SSSR count). The molecular formula is C15H23Cl. The molecule has 0 spiro atoms. The van der Waals surface area contributed by atoms with Gasteiger partial charge in [0.2, 0.25) is 0 Å². The largest absolute Gasteiger partial charge is 0.118 e. The maximum absolute atomic E-state index is 6.48. The Labute approximate surface area is 105 Å². The van der Waals surface area contributed by atoms with Crippen LogP contribution in [0.5, 0.6) is 0 Å².